The fraction of sp³-hybridized carbons (Fsp3) is 0.333. The molecule has 0 atom stereocenters. The minimum absolute atomic E-state index is 0.158. The van der Waals surface area contributed by atoms with Crippen molar-refractivity contribution < 1.29 is 19.1 Å². The Morgan fingerprint density at radius 1 is 1.23 bits per heavy atom. The topological polar surface area (TPSA) is 79.9 Å². The Morgan fingerprint density at radius 2 is 2.03 bits per heavy atom. The Kier molecular flexibility index (Phi) is 6.52. The van der Waals surface area contributed by atoms with Crippen LogP contribution in [0, 0.1) is 0 Å². The van der Waals surface area contributed by atoms with E-state index in [0.717, 1.165) is 31.6 Å². The van der Waals surface area contributed by atoms with Gasteiger partial charge < -0.3 is 25.0 Å². The third-order valence-electron chi connectivity index (χ3n) is 5.49. The molecule has 1 saturated heterocycles. The molecule has 31 heavy (non-hydrogen) atoms. The second-order valence-corrected chi connectivity index (χ2v) is 7.68. The van der Waals surface area contributed by atoms with Gasteiger partial charge in [0.15, 0.2) is 11.5 Å². The molecule has 7 nitrogen and oxygen atoms in total. The number of fused-ring (bicyclic) bond motifs is 1. The standard InChI is InChI=1S/C24H27N3O4/c1-30-20-8-3-2-7-17(20)16-22-24(29)26-19-15-18(9-10-21(19)31-22)23(28)25-11-6-14-27-12-4-5-13-27/h2-3,7-10,15-16H,4-6,11-14H2,1H3,(H,25,28)(H,26,29). The van der Waals surface area contributed by atoms with Crippen LogP contribution in [0.5, 0.6) is 11.5 Å². The quantitative estimate of drug-likeness (QED) is 0.530. The zero-order valence-corrected chi connectivity index (χ0v) is 17.6. The van der Waals surface area contributed by atoms with Crippen LogP contribution in [0.2, 0.25) is 0 Å². The smallest absolute Gasteiger partial charge is 0.291 e. The molecule has 2 N–H and O–H groups in total. The van der Waals surface area contributed by atoms with Crippen LogP contribution in [0.15, 0.2) is 48.2 Å². The summed E-state index contributed by atoms with van der Waals surface area (Å²) in [6.07, 6.45) is 5.10. The number of nitrogens with zero attached hydrogens (tertiary/aromatic N) is 1. The van der Waals surface area contributed by atoms with E-state index in [1.807, 2.05) is 24.3 Å². The van der Waals surface area contributed by atoms with Gasteiger partial charge in [-0.3, -0.25) is 9.59 Å². The van der Waals surface area contributed by atoms with E-state index >= 15 is 0 Å². The number of methoxy groups -OCH3 is 1. The number of carbonyl (C=O) groups is 2. The minimum atomic E-state index is -0.374. The third kappa shape index (κ3) is 5.06. The SMILES string of the molecule is COc1ccccc1C=C1Oc2ccc(C(=O)NCCCN3CCCC3)cc2NC1=O. The van der Waals surface area contributed by atoms with Crippen molar-refractivity contribution in [3.05, 3.63) is 59.4 Å². The lowest BCUT2D eigenvalue weighted by Crippen LogP contribution is -2.29. The van der Waals surface area contributed by atoms with Gasteiger partial charge in [0.2, 0.25) is 0 Å². The molecule has 7 heteroatoms. The van der Waals surface area contributed by atoms with Gasteiger partial charge in [0.25, 0.3) is 11.8 Å². The van der Waals surface area contributed by atoms with Crippen molar-refractivity contribution in [3.8, 4) is 11.5 Å². The molecule has 2 aromatic rings. The molecular weight excluding hydrogens is 394 g/mol. The summed E-state index contributed by atoms with van der Waals surface area (Å²) >= 11 is 0. The third-order valence-corrected chi connectivity index (χ3v) is 5.49. The summed E-state index contributed by atoms with van der Waals surface area (Å²) in [4.78, 5) is 27.4. The summed E-state index contributed by atoms with van der Waals surface area (Å²) in [6, 6.07) is 12.4. The van der Waals surface area contributed by atoms with Crippen molar-refractivity contribution in [2.24, 2.45) is 0 Å². The fourth-order valence-electron chi connectivity index (χ4n) is 3.84. The monoisotopic (exact) mass is 421 g/mol. The Bertz CT molecular complexity index is 996. The Labute approximate surface area is 182 Å². The molecule has 2 heterocycles. The van der Waals surface area contributed by atoms with E-state index < -0.39 is 0 Å². The van der Waals surface area contributed by atoms with Crippen molar-refractivity contribution in [2.75, 3.05) is 38.6 Å². The lowest BCUT2D eigenvalue weighted by molar-refractivity contribution is -0.115. The highest BCUT2D eigenvalue weighted by atomic mass is 16.5. The molecule has 0 unspecified atom stereocenters. The van der Waals surface area contributed by atoms with E-state index in [-0.39, 0.29) is 17.6 Å². The Hall–Kier alpha value is -3.32. The summed E-state index contributed by atoms with van der Waals surface area (Å²) in [5.41, 5.74) is 1.71. The first kappa shape index (κ1) is 20.9. The highest BCUT2D eigenvalue weighted by Gasteiger charge is 2.23. The van der Waals surface area contributed by atoms with Crippen LogP contribution in [0.1, 0.15) is 35.2 Å². The van der Waals surface area contributed by atoms with Crippen LogP contribution in [-0.4, -0.2) is 50.0 Å². The molecule has 2 aromatic carbocycles. The molecular formula is C24H27N3O4. The maximum Gasteiger partial charge on any atom is 0.291 e. The minimum Gasteiger partial charge on any atom is -0.496 e. The first-order chi connectivity index (χ1) is 15.1. The summed E-state index contributed by atoms with van der Waals surface area (Å²) in [7, 11) is 1.58. The number of benzene rings is 2. The highest BCUT2D eigenvalue weighted by molar-refractivity contribution is 6.09. The first-order valence-corrected chi connectivity index (χ1v) is 10.6. The van der Waals surface area contributed by atoms with E-state index in [2.05, 4.69) is 15.5 Å². The summed E-state index contributed by atoms with van der Waals surface area (Å²) in [5.74, 6) is 0.770. The number of likely N-dealkylation sites (tertiary alicyclic amines) is 1. The second-order valence-electron chi connectivity index (χ2n) is 7.68. The molecule has 0 radical (unpaired) electrons. The predicted octanol–water partition coefficient (Wildman–Crippen LogP) is 3.28. The van der Waals surface area contributed by atoms with Gasteiger partial charge in [0.1, 0.15) is 5.75 Å². The van der Waals surface area contributed by atoms with Gasteiger partial charge in [-0.25, -0.2) is 0 Å². The number of nitrogens with one attached hydrogen (secondary N) is 2. The van der Waals surface area contributed by atoms with Crippen molar-refractivity contribution in [2.45, 2.75) is 19.3 Å². The van der Waals surface area contributed by atoms with Gasteiger partial charge in [-0.05, 0) is 69.2 Å². The van der Waals surface area contributed by atoms with E-state index in [9.17, 15) is 9.59 Å². The lowest BCUT2D eigenvalue weighted by atomic mass is 10.1. The van der Waals surface area contributed by atoms with Gasteiger partial charge in [0, 0.05) is 17.7 Å². The molecule has 4 rings (SSSR count). The molecule has 0 bridgehead atoms. The van der Waals surface area contributed by atoms with Gasteiger partial charge in [-0.1, -0.05) is 18.2 Å². The second kappa shape index (κ2) is 9.66. The number of ether oxygens (including phenoxy) is 2. The predicted molar refractivity (Wildman–Crippen MR) is 119 cm³/mol. The lowest BCUT2D eigenvalue weighted by Gasteiger charge is -2.21. The van der Waals surface area contributed by atoms with Crippen LogP contribution in [0.25, 0.3) is 6.08 Å². The number of carbonyl (C=O) groups excluding carboxylic acids is 2. The molecule has 2 amide bonds. The Morgan fingerprint density at radius 3 is 2.84 bits per heavy atom. The number of anilines is 1. The fourth-order valence-corrected chi connectivity index (χ4v) is 3.84. The zero-order chi connectivity index (χ0) is 21.6. The molecule has 162 valence electrons. The van der Waals surface area contributed by atoms with Crippen LogP contribution in [0.3, 0.4) is 0 Å². The van der Waals surface area contributed by atoms with E-state index in [0.29, 0.717) is 29.3 Å². The molecule has 0 saturated carbocycles. The highest BCUT2D eigenvalue weighted by Crippen LogP contribution is 2.33. The normalized spacial score (nSPS) is 17.1. The number of para-hydroxylation sites is 1. The van der Waals surface area contributed by atoms with E-state index in [1.165, 1.54) is 12.8 Å². The largest absolute Gasteiger partial charge is 0.496 e. The molecule has 0 spiro atoms. The zero-order valence-electron chi connectivity index (χ0n) is 17.6. The van der Waals surface area contributed by atoms with Gasteiger partial charge in [-0.2, -0.15) is 0 Å². The van der Waals surface area contributed by atoms with Crippen molar-refractivity contribution >= 4 is 23.6 Å². The van der Waals surface area contributed by atoms with Crippen molar-refractivity contribution in [3.63, 3.8) is 0 Å². The van der Waals surface area contributed by atoms with Gasteiger partial charge in [-0.15, -0.1) is 0 Å². The Balaban J connectivity index is 1.39. The number of amides is 2. The average molecular weight is 421 g/mol. The molecule has 0 aromatic heterocycles. The molecule has 2 aliphatic heterocycles. The molecule has 0 aliphatic carbocycles. The van der Waals surface area contributed by atoms with Crippen LogP contribution in [0.4, 0.5) is 5.69 Å². The van der Waals surface area contributed by atoms with E-state index in [4.69, 9.17) is 9.47 Å². The van der Waals surface area contributed by atoms with Crippen LogP contribution < -0.4 is 20.1 Å². The van der Waals surface area contributed by atoms with Gasteiger partial charge in [0.05, 0.1) is 12.8 Å². The van der Waals surface area contributed by atoms with Gasteiger partial charge >= 0.3 is 0 Å². The average Bonchev–Trinajstić information content (AvgIpc) is 3.30. The van der Waals surface area contributed by atoms with Crippen LogP contribution >= 0.6 is 0 Å². The van der Waals surface area contributed by atoms with Crippen LogP contribution in [-0.2, 0) is 4.79 Å². The molecule has 1 fully saturated rings. The summed E-state index contributed by atoms with van der Waals surface area (Å²) in [5, 5.41) is 5.76. The number of rotatable bonds is 7. The van der Waals surface area contributed by atoms with Crippen molar-refractivity contribution in [1.29, 1.82) is 0 Å². The van der Waals surface area contributed by atoms with E-state index in [1.54, 1.807) is 31.4 Å². The first-order valence-electron chi connectivity index (χ1n) is 10.6. The summed E-state index contributed by atoms with van der Waals surface area (Å²) < 4.78 is 11.1. The maximum absolute atomic E-state index is 12.5. The molecule has 2 aliphatic rings. The summed E-state index contributed by atoms with van der Waals surface area (Å²) in [6.45, 7) is 3.95. The van der Waals surface area contributed by atoms with Crippen molar-refractivity contribution in [1.82, 2.24) is 10.2 Å². The number of hydrogen-bond donors (Lipinski definition) is 2. The maximum atomic E-state index is 12.5. The number of hydrogen-bond acceptors (Lipinski definition) is 5.